The molecular weight excluding hydrogens is 483 g/mol. The van der Waals surface area contributed by atoms with E-state index in [1.54, 1.807) is 20.8 Å². The van der Waals surface area contributed by atoms with Crippen LogP contribution >= 0.6 is 0 Å². The van der Waals surface area contributed by atoms with E-state index in [4.69, 9.17) is 14.2 Å². The van der Waals surface area contributed by atoms with Crippen LogP contribution in [0.2, 0.25) is 0 Å². The SMILES string of the molecule is COC(=O)C[C@H]1CN(S(=O)(=O)c2ccc(F)c(OC)c2)c2cc(NC(=O)OC(C)(C)C)ccc2O1. The number of carbonyl (C=O) groups is 2. The molecule has 0 spiro atoms. The summed E-state index contributed by atoms with van der Waals surface area (Å²) >= 11 is 0. The molecule has 1 aliphatic rings. The maximum absolute atomic E-state index is 13.9. The van der Waals surface area contributed by atoms with Crippen molar-refractivity contribution < 1.29 is 41.3 Å². The lowest BCUT2D eigenvalue weighted by Gasteiger charge is -2.35. The van der Waals surface area contributed by atoms with E-state index in [-0.39, 0.29) is 40.7 Å². The van der Waals surface area contributed by atoms with Crippen molar-refractivity contribution in [3.63, 3.8) is 0 Å². The summed E-state index contributed by atoms with van der Waals surface area (Å²) < 4.78 is 62.9. The van der Waals surface area contributed by atoms with Crippen LogP contribution < -0.4 is 19.1 Å². The molecule has 0 unspecified atom stereocenters. The Kier molecular flexibility index (Phi) is 7.44. The minimum Gasteiger partial charge on any atom is -0.494 e. The molecule has 10 nitrogen and oxygen atoms in total. The van der Waals surface area contributed by atoms with Crippen LogP contribution in [0.1, 0.15) is 27.2 Å². The van der Waals surface area contributed by atoms with Crippen LogP contribution in [-0.2, 0) is 24.3 Å². The Morgan fingerprint density at radius 2 is 1.89 bits per heavy atom. The number of rotatable bonds is 6. The first-order valence-corrected chi connectivity index (χ1v) is 12.0. The zero-order valence-electron chi connectivity index (χ0n) is 20.0. The number of carbonyl (C=O) groups excluding carboxylic acids is 2. The third-order valence-corrected chi connectivity index (χ3v) is 6.64. The van der Waals surface area contributed by atoms with Crippen LogP contribution in [-0.4, -0.2) is 52.9 Å². The lowest BCUT2D eigenvalue weighted by molar-refractivity contribution is -0.142. The first-order chi connectivity index (χ1) is 16.3. The third kappa shape index (κ3) is 6.13. The van der Waals surface area contributed by atoms with E-state index in [2.05, 4.69) is 10.1 Å². The van der Waals surface area contributed by atoms with Crippen LogP contribution in [0.25, 0.3) is 0 Å². The molecule has 2 aromatic carbocycles. The zero-order valence-corrected chi connectivity index (χ0v) is 20.8. The van der Waals surface area contributed by atoms with Crippen LogP contribution in [0, 0.1) is 5.82 Å². The molecule has 0 aliphatic carbocycles. The molecular formula is C23H27FN2O8S. The summed E-state index contributed by atoms with van der Waals surface area (Å²) in [4.78, 5) is 23.8. The van der Waals surface area contributed by atoms with Gasteiger partial charge in [-0.1, -0.05) is 0 Å². The van der Waals surface area contributed by atoms with Crippen molar-refractivity contribution in [2.75, 3.05) is 30.4 Å². The number of anilines is 2. The predicted octanol–water partition coefficient (Wildman–Crippen LogP) is 3.70. The standard InChI is InChI=1S/C23H27FN2O8S/c1-23(2,3)34-22(28)25-14-6-9-19-18(10-14)26(13-15(33-19)11-21(27)32-5)35(29,30)16-7-8-17(24)20(12-16)31-4/h6-10,12,15H,11,13H2,1-5H3,(H,25,28)/t15-/m0/s1. The fraction of sp³-hybridized carbons (Fsp3) is 0.391. The van der Waals surface area contributed by atoms with Crippen molar-refractivity contribution in [1.82, 2.24) is 0 Å². The summed E-state index contributed by atoms with van der Waals surface area (Å²) in [5.41, 5.74) is -0.368. The first-order valence-electron chi connectivity index (χ1n) is 10.6. The summed E-state index contributed by atoms with van der Waals surface area (Å²) in [6.45, 7) is 4.89. The fourth-order valence-electron chi connectivity index (χ4n) is 3.34. The number of hydrogen-bond donors (Lipinski definition) is 1. The maximum atomic E-state index is 13.9. The van der Waals surface area contributed by atoms with Crippen LogP contribution in [0.5, 0.6) is 11.5 Å². The second-order valence-corrected chi connectivity index (χ2v) is 10.5. The van der Waals surface area contributed by atoms with Gasteiger partial charge in [-0.3, -0.25) is 14.4 Å². The molecule has 0 bridgehead atoms. The number of halogens is 1. The smallest absolute Gasteiger partial charge is 0.412 e. The van der Waals surface area contributed by atoms with Gasteiger partial charge in [0.1, 0.15) is 17.5 Å². The van der Waals surface area contributed by atoms with Crippen LogP contribution in [0.3, 0.4) is 0 Å². The summed E-state index contributed by atoms with van der Waals surface area (Å²) in [7, 11) is -1.83. The molecule has 1 amide bonds. The van der Waals surface area contributed by atoms with Gasteiger partial charge in [0.15, 0.2) is 11.6 Å². The topological polar surface area (TPSA) is 120 Å². The summed E-state index contributed by atoms with van der Waals surface area (Å²) in [6.07, 6.45) is -1.78. The van der Waals surface area contributed by atoms with E-state index in [0.29, 0.717) is 0 Å². The van der Waals surface area contributed by atoms with Gasteiger partial charge < -0.3 is 18.9 Å². The van der Waals surface area contributed by atoms with Gasteiger partial charge in [-0.2, -0.15) is 0 Å². The summed E-state index contributed by atoms with van der Waals surface area (Å²) in [5, 5.41) is 2.56. The van der Waals surface area contributed by atoms with Gasteiger partial charge in [0.2, 0.25) is 0 Å². The molecule has 0 aromatic heterocycles. The minimum atomic E-state index is -4.26. The monoisotopic (exact) mass is 510 g/mol. The number of sulfonamides is 1. The molecule has 1 heterocycles. The van der Waals surface area contributed by atoms with Crippen molar-refractivity contribution in [1.29, 1.82) is 0 Å². The van der Waals surface area contributed by atoms with Crippen molar-refractivity contribution in [3.8, 4) is 11.5 Å². The molecule has 35 heavy (non-hydrogen) atoms. The number of hydrogen-bond acceptors (Lipinski definition) is 8. The largest absolute Gasteiger partial charge is 0.494 e. The Labute approximate surface area is 203 Å². The highest BCUT2D eigenvalue weighted by molar-refractivity contribution is 7.92. The molecule has 0 radical (unpaired) electrons. The molecule has 2 aromatic rings. The summed E-state index contributed by atoms with van der Waals surface area (Å²) in [6, 6.07) is 7.55. The van der Waals surface area contributed by atoms with Gasteiger partial charge in [0, 0.05) is 11.8 Å². The maximum Gasteiger partial charge on any atom is 0.412 e. The van der Waals surface area contributed by atoms with Gasteiger partial charge >= 0.3 is 12.1 Å². The Balaban J connectivity index is 2.03. The van der Waals surface area contributed by atoms with Gasteiger partial charge in [-0.15, -0.1) is 0 Å². The van der Waals surface area contributed by atoms with E-state index in [1.807, 2.05) is 0 Å². The van der Waals surface area contributed by atoms with Crippen LogP contribution in [0.15, 0.2) is 41.3 Å². The number of amides is 1. The van der Waals surface area contributed by atoms with E-state index < -0.39 is 39.6 Å². The highest BCUT2D eigenvalue weighted by Crippen LogP contribution is 2.40. The van der Waals surface area contributed by atoms with Crippen LogP contribution in [0.4, 0.5) is 20.6 Å². The predicted molar refractivity (Wildman–Crippen MR) is 125 cm³/mol. The Bertz CT molecular complexity index is 1230. The van der Waals surface area contributed by atoms with Gasteiger partial charge in [-0.25, -0.2) is 17.6 Å². The van der Waals surface area contributed by atoms with E-state index >= 15 is 0 Å². The Hall–Kier alpha value is -3.54. The highest BCUT2D eigenvalue weighted by Gasteiger charge is 2.36. The zero-order chi connectivity index (χ0) is 26.0. The van der Waals surface area contributed by atoms with Crippen molar-refractivity contribution >= 4 is 33.5 Å². The van der Waals surface area contributed by atoms with E-state index in [0.717, 1.165) is 22.5 Å². The molecule has 1 aliphatic heterocycles. The second-order valence-electron chi connectivity index (χ2n) is 8.66. The number of nitrogens with one attached hydrogen (secondary N) is 1. The quantitative estimate of drug-likeness (QED) is 0.584. The molecule has 0 fully saturated rings. The first kappa shape index (κ1) is 26.1. The summed E-state index contributed by atoms with van der Waals surface area (Å²) in [5.74, 6) is -1.38. The minimum absolute atomic E-state index is 0.114. The molecule has 0 saturated heterocycles. The number of ether oxygens (including phenoxy) is 4. The number of methoxy groups -OCH3 is 2. The fourth-order valence-corrected chi connectivity index (χ4v) is 4.86. The number of esters is 1. The average molecular weight is 511 g/mol. The number of nitrogens with zero attached hydrogens (tertiary/aromatic N) is 1. The highest BCUT2D eigenvalue weighted by atomic mass is 32.2. The van der Waals surface area contributed by atoms with Crippen molar-refractivity contribution in [3.05, 3.63) is 42.2 Å². The normalized spacial score (nSPS) is 15.5. The molecule has 0 saturated carbocycles. The van der Waals surface area contributed by atoms with Gasteiger partial charge in [0.05, 0.1) is 37.8 Å². The third-order valence-electron chi connectivity index (χ3n) is 4.87. The Morgan fingerprint density at radius 3 is 2.51 bits per heavy atom. The molecule has 190 valence electrons. The Morgan fingerprint density at radius 1 is 1.17 bits per heavy atom. The second kappa shape index (κ2) is 9.98. The molecule has 3 rings (SSSR count). The van der Waals surface area contributed by atoms with Crippen molar-refractivity contribution in [2.45, 2.75) is 43.8 Å². The molecule has 1 atom stereocenters. The number of fused-ring (bicyclic) bond motifs is 1. The van der Waals surface area contributed by atoms with Gasteiger partial charge in [-0.05, 0) is 51.1 Å². The van der Waals surface area contributed by atoms with Crippen molar-refractivity contribution in [2.24, 2.45) is 0 Å². The van der Waals surface area contributed by atoms with E-state index in [1.165, 1.54) is 32.4 Å². The number of benzene rings is 2. The van der Waals surface area contributed by atoms with Gasteiger partial charge in [0.25, 0.3) is 10.0 Å². The molecule has 1 N–H and O–H groups in total. The average Bonchev–Trinajstić information content (AvgIpc) is 2.77. The molecule has 12 heteroatoms. The van der Waals surface area contributed by atoms with E-state index in [9.17, 15) is 22.4 Å². The lowest BCUT2D eigenvalue weighted by Crippen LogP contribution is -2.44. The lowest BCUT2D eigenvalue weighted by atomic mass is 10.1.